The summed E-state index contributed by atoms with van der Waals surface area (Å²) in [6.07, 6.45) is 8.50. The Morgan fingerprint density at radius 2 is 2.12 bits per heavy atom. The molecule has 0 aromatic carbocycles. The van der Waals surface area contributed by atoms with Crippen LogP contribution in [0.1, 0.15) is 48.2 Å². The van der Waals surface area contributed by atoms with E-state index in [0.717, 1.165) is 38.8 Å². The molecule has 2 saturated heterocycles. The van der Waals surface area contributed by atoms with Crippen molar-refractivity contribution in [1.82, 2.24) is 19.6 Å². The fourth-order valence-electron chi connectivity index (χ4n) is 4.11. The zero-order valence-corrected chi connectivity index (χ0v) is 14.9. The molecule has 4 rings (SSSR count). The van der Waals surface area contributed by atoms with Crippen molar-refractivity contribution in [2.24, 2.45) is 7.05 Å². The third-order valence-corrected chi connectivity index (χ3v) is 6.23. The van der Waals surface area contributed by atoms with Gasteiger partial charge < -0.3 is 4.90 Å². The Bertz CT molecular complexity index is 696. The van der Waals surface area contributed by atoms with Gasteiger partial charge >= 0.3 is 0 Å². The van der Waals surface area contributed by atoms with Crippen molar-refractivity contribution in [1.29, 1.82) is 0 Å². The molecule has 0 saturated carbocycles. The number of aryl methyl sites for hydroxylation is 1. The summed E-state index contributed by atoms with van der Waals surface area (Å²) < 4.78 is 1.85. The molecule has 2 atom stereocenters. The minimum absolute atomic E-state index is 0.279. The lowest BCUT2D eigenvalue weighted by molar-refractivity contribution is -0.133. The lowest BCUT2D eigenvalue weighted by Gasteiger charge is -2.29. The fourth-order valence-corrected chi connectivity index (χ4v) is 4.99. The number of rotatable bonds is 4. The first-order chi connectivity index (χ1) is 11.7. The van der Waals surface area contributed by atoms with E-state index in [9.17, 15) is 4.79 Å². The van der Waals surface area contributed by atoms with Crippen LogP contribution in [-0.2, 0) is 11.8 Å². The van der Waals surface area contributed by atoms with Crippen molar-refractivity contribution in [3.05, 3.63) is 40.3 Å². The first-order valence-electron chi connectivity index (χ1n) is 8.78. The van der Waals surface area contributed by atoms with Gasteiger partial charge in [0, 0.05) is 36.3 Å². The van der Waals surface area contributed by atoms with E-state index in [0.29, 0.717) is 12.6 Å². The standard InChI is InChI=1S/C18H24N4OS/c1-20-12-14(11-19-20)15-5-2-8-21(15)13-18(23)22-9-3-6-16(22)17-7-4-10-24-17/h4,7,10-12,15-16H,2-3,5-6,8-9,13H2,1H3/t15-,16+/m0/s1. The summed E-state index contributed by atoms with van der Waals surface area (Å²) in [7, 11) is 1.95. The lowest BCUT2D eigenvalue weighted by Crippen LogP contribution is -2.39. The quantitative estimate of drug-likeness (QED) is 0.856. The number of nitrogens with zero attached hydrogens (tertiary/aromatic N) is 4. The SMILES string of the molecule is Cn1cc([C@@H]2CCCN2CC(=O)N2CCC[C@@H]2c2cccs2)cn1. The Morgan fingerprint density at radius 3 is 2.88 bits per heavy atom. The molecule has 2 aliphatic rings. The topological polar surface area (TPSA) is 41.4 Å². The van der Waals surface area contributed by atoms with Crippen molar-refractivity contribution < 1.29 is 4.79 Å². The number of hydrogen-bond acceptors (Lipinski definition) is 4. The third-order valence-electron chi connectivity index (χ3n) is 5.26. The number of carbonyl (C=O) groups excluding carboxylic acids is 1. The normalized spacial score (nSPS) is 24.8. The van der Waals surface area contributed by atoms with Gasteiger partial charge in [-0.3, -0.25) is 14.4 Å². The molecule has 0 N–H and O–H groups in total. The number of amides is 1. The molecule has 128 valence electrons. The Hall–Kier alpha value is -1.66. The molecule has 24 heavy (non-hydrogen) atoms. The van der Waals surface area contributed by atoms with Crippen LogP contribution in [0.3, 0.4) is 0 Å². The molecule has 2 aromatic heterocycles. The van der Waals surface area contributed by atoms with Crippen molar-refractivity contribution in [2.45, 2.75) is 37.8 Å². The van der Waals surface area contributed by atoms with Gasteiger partial charge in [-0.25, -0.2) is 0 Å². The minimum Gasteiger partial charge on any atom is -0.334 e. The number of likely N-dealkylation sites (tertiary alicyclic amines) is 2. The summed E-state index contributed by atoms with van der Waals surface area (Å²) in [4.78, 5) is 18.7. The molecule has 0 radical (unpaired) electrons. The Kier molecular flexibility index (Phi) is 4.41. The fraction of sp³-hybridized carbons (Fsp3) is 0.556. The van der Waals surface area contributed by atoms with E-state index >= 15 is 0 Å². The molecular formula is C18H24N4OS. The highest BCUT2D eigenvalue weighted by molar-refractivity contribution is 7.10. The largest absolute Gasteiger partial charge is 0.334 e. The molecule has 4 heterocycles. The number of carbonyl (C=O) groups is 1. The number of hydrogen-bond donors (Lipinski definition) is 0. The van der Waals surface area contributed by atoms with Gasteiger partial charge in [0.15, 0.2) is 0 Å². The summed E-state index contributed by atoms with van der Waals surface area (Å²) in [5, 5.41) is 6.40. The van der Waals surface area contributed by atoms with Crippen LogP contribution in [-0.4, -0.2) is 45.1 Å². The Labute approximate surface area is 146 Å². The summed E-state index contributed by atoms with van der Waals surface area (Å²) >= 11 is 1.77. The highest BCUT2D eigenvalue weighted by Crippen LogP contribution is 2.36. The second-order valence-electron chi connectivity index (χ2n) is 6.84. The Morgan fingerprint density at radius 1 is 1.29 bits per heavy atom. The molecule has 2 aliphatic heterocycles. The van der Waals surface area contributed by atoms with E-state index in [2.05, 4.69) is 38.6 Å². The zero-order valence-electron chi connectivity index (χ0n) is 14.1. The number of thiophene rings is 1. The maximum Gasteiger partial charge on any atom is 0.237 e. The first kappa shape index (κ1) is 15.8. The average Bonchev–Trinajstić information content (AvgIpc) is 3.34. The molecule has 1 amide bonds. The highest BCUT2D eigenvalue weighted by atomic mass is 32.1. The summed E-state index contributed by atoms with van der Waals surface area (Å²) in [6, 6.07) is 4.87. The molecule has 6 heteroatoms. The zero-order chi connectivity index (χ0) is 16.5. The second kappa shape index (κ2) is 6.69. The van der Waals surface area contributed by atoms with Gasteiger partial charge in [-0.05, 0) is 43.7 Å². The second-order valence-corrected chi connectivity index (χ2v) is 7.82. The third kappa shape index (κ3) is 3.00. The van der Waals surface area contributed by atoms with Crippen LogP contribution in [0.25, 0.3) is 0 Å². The molecule has 0 bridgehead atoms. The molecule has 0 aliphatic carbocycles. The van der Waals surface area contributed by atoms with E-state index in [1.165, 1.54) is 10.4 Å². The predicted molar refractivity (Wildman–Crippen MR) is 94.8 cm³/mol. The van der Waals surface area contributed by atoms with Crippen molar-refractivity contribution >= 4 is 17.2 Å². The van der Waals surface area contributed by atoms with Crippen LogP contribution < -0.4 is 0 Å². The smallest absolute Gasteiger partial charge is 0.237 e. The van der Waals surface area contributed by atoms with Crippen LogP contribution in [0.4, 0.5) is 0 Å². The Balaban J connectivity index is 1.45. The molecule has 0 unspecified atom stereocenters. The van der Waals surface area contributed by atoms with Crippen molar-refractivity contribution in [2.75, 3.05) is 19.6 Å². The van der Waals surface area contributed by atoms with E-state index in [1.807, 2.05) is 17.9 Å². The van der Waals surface area contributed by atoms with Crippen molar-refractivity contribution in [3.8, 4) is 0 Å². The van der Waals surface area contributed by atoms with Crippen LogP contribution in [0.2, 0.25) is 0 Å². The van der Waals surface area contributed by atoms with Gasteiger partial charge in [0.2, 0.25) is 5.91 Å². The summed E-state index contributed by atoms with van der Waals surface area (Å²) in [5.74, 6) is 0.279. The van der Waals surface area contributed by atoms with Gasteiger partial charge in [0.1, 0.15) is 0 Å². The first-order valence-corrected chi connectivity index (χ1v) is 9.66. The minimum atomic E-state index is 0.279. The van der Waals surface area contributed by atoms with Gasteiger partial charge in [0.25, 0.3) is 0 Å². The van der Waals surface area contributed by atoms with Crippen LogP contribution in [0, 0.1) is 0 Å². The highest BCUT2D eigenvalue weighted by Gasteiger charge is 2.34. The van der Waals surface area contributed by atoms with Crippen molar-refractivity contribution in [3.63, 3.8) is 0 Å². The summed E-state index contributed by atoms with van der Waals surface area (Å²) in [5.41, 5.74) is 1.24. The number of aromatic nitrogens is 2. The van der Waals surface area contributed by atoms with E-state index in [-0.39, 0.29) is 11.9 Å². The van der Waals surface area contributed by atoms with Gasteiger partial charge in [-0.1, -0.05) is 6.07 Å². The maximum absolute atomic E-state index is 13.0. The molecule has 2 fully saturated rings. The van der Waals surface area contributed by atoms with Crippen LogP contribution in [0.15, 0.2) is 29.9 Å². The average molecular weight is 344 g/mol. The molecule has 5 nitrogen and oxygen atoms in total. The van der Waals surface area contributed by atoms with E-state index in [1.54, 1.807) is 11.3 Å². The van der Waals surface area contributed by atoms with Crippen LogP contribution in [0.5, 0.6) is 0 Å². The van der Waals surface area contributed by atoms with Gasteiger partial charge in [0.05, 0.1) is 18.8 Å². The maximum atomic E-state index is 13.0. The van der Waals surface area contributed by atoms with E-state index in [4.69, 9.17) is 0 Å². The lowest BCUT2D eigenvalue weighted by atomic mass is 10.1. The molecular weight excluding hydrogens is 320 g/mol. The van der Waals surface area contributed by atoms with Gasteiger partial charge in [-0.2, -0.15) is 5.10 Å². The monoisotopic (exact) mass is 344 g/mol. The molecule has 2 aromatic rings. The van der Waals surface area contributed by atoms with E-state index < -0.39 is 0 Å². The summed E-state index contributed by atoms with van der Waals surface area (Å²) in [6.45, 7) is 2.43. The predicted octanol–water partition coefficient (Wildman–Crippen LogP) is 2.98. The molecule has 0 spiro atoms. The van der Waals surface area contributed by atoms with Crippen LogP contribution >= 0.6 is 11.3 Å². The van der Waals surface area contributed by atoms with Gasteiger partial charge in [-0.15, -0.1) is 11.3 Å².